The molecule has 18 heavy (non-hydrogen) atoms. The van der Waals surface area contributed by atoms with Gasteiger partial charge in [-0.05, 0) is 23.8 Å². The first-order valence-electron chi connectivity index (χ1n) is 5.78. The molecule has 1 saturated carbocycles. The minimum absolute atomic E-state index is 0.102. The van der Waals surface area contributed by atoms with Crippen LogP contribution in [0.3, 0.4) is 0 Å². The third-order valence-corrected chi connectivity index (χ3v) is 3.09. The van der Waals surface area contributed by atoms with E-state index in [0.717, 1.165) is 12.8 Å². The van der Waals surface area contributed by atoms with E-state index in [1.807, 2.05) is 0 Å². The Morgan fingerprint density at radius 1 is 1.61 bits per heavy atom. The van der Waals surface area contributed by atoms with Gasteiger partial charge in [-0.25, -0.2) is 4.57 Å². The highest BCUT2D eigenvalue weighted by atomic mass is 16.6. The van der Waals surface area contributed by atoms with Gasteiger partial charge in [-0.3, -0.25) is 4.79 Å². The third-order valence-electron chi connectivity index (χ3n) is 3.09. The van der Waals surface area contributed by atoms with Gasteiger partial charge in [0, 0.05) is 18.7 Å². The average molecular weight is 253 g/mol. The summed E-state index contributed by atoms with van der Waals surface area (Å²) >= 11 is 0. The zero-order valence-electron chi connectivity index (χ0n) is 10.1. The van der Waals surface area contributed by atoms with Crippen molar-refractivity contribution in [2.24, 2.45) is 7.05 Å². The number of rotatable bonds is 5. The maximum Gasteiger partial charge on any atom is 0.323 e. The molecule has 1 amide bonds. The Bertz CT molecular complexity index is 479. The summed E-state index contributed by atoms with van der Waals surface area (Å²) < 4.78 is 1.27. The van der Waals surface area contributed by atoms with Gasteiger partial charge in [0.25, 0.3) is 5.91 Å². The molecule has 0 saturated heterocycles. The number of hydrogen-bond donors (Lipinski definition) is 1. The Morgan fingerprint density at radius 2 is 2.28 bits per heavy atom. The van der Waals surface area contributed by atoms with Gasteiger partial charge in [-0.1, -0.05) is 0 Å². The van der Waals surface area contributed by atoms with Crippen LogP contribution in [0, 0.1) is 10.1 Å². The van der Waals surface area contributed by atoms with E-state index in [2.05, 4.69) is 0 Å². The fraction of sp³-hybridized carbons (Fsp3) is 0.545. The fourth-order valence-electron chi connectivity index (χ4n) is 1.99. The van der Waals surface area contributed by atoms with Crippen LogP contribution in [0.1, 0.15) is 23.3 Å². The van der Waals surface area contributed by atoms with Gasteiger partial charge in [0.05, 0.1) is 13.7 Å². The van der Waals surface area contributed by atoms with Crippen molar-refractivity contribution in [1.29, 1.82) is 0 Å². The summed E-state index contributed by atoms with van der Waals surface area (Å²) in [5.41, 5.74) is 0.280. The number of aliphatic hydroxyl groups is 1. The van der Waals surface area contributed by atoms with Crippen LogP contribution < -0.4 is 0 Å². The molecule has 1 aliphatic rings. The Hall–Kier alpha value is -1.89. The maximum absolute atomic E-state index is 12.2. The first kappa shape index (κ1) is 12.6. The van der Waals surface area contributed by atoms with E-state index in [4.69, 9.17) is 5.11 Å². The molecule has 0 atom stereocenters. The SMILES string of the molecule is Cn1c(C(=O)N(CCO)C2CC2)ccc1[N+](=O)[O-]. The van der Waals surface area contributed by atoms with Gasteiger partial charge < -0.3 is 20.1 Å². The zero-order valence-corrected chi connectivity index (χ0v) is 10.1. The molecule has 1 heterocycles. The van der Waals surface area contributed by atoms with E-state index >= 15 is 0 Å². The quantitative estimate of drug-likeness (QED) is 0.612. The lowest BCUT2D eigenvalue weighted by atomic mass is 10.3. The molecule has 1 aliphatic carbocycles. The largest absolute Gasteiger partial charge is 0.395 e. The van der Waals surface area contributed by atoms with Gasteiger partial charge in [0.2, 0.25) is 0 Å². The van der Waals surface area contributed by atoms with Crippen molar-refractivity contribution < 1.29 is 14.8 Å². The van der Waals surface area contributed by atoms with Crippen molar-refractivity contribution in [2.45, 2.75) is 18.9 Å². The molecule has 7 nitrogen and oxygen atoms in total. The molecule has 7 heteroatoms. The highest BCUT2D eigenvalue weighted by Gasteiger charge is 2.35. The Labute approximate surface area is 104 Å². The molecule has 0 spiro atoms. The molecular weight excluding hydrogens is 238 g/mol. The van der Waals surface area contributed by atoms with Gasteiger partial charge in [-0.2, -0.15) is 0 Å². The van der Waals surface area contributed by atoms with E-state index in [9.17, 15) is 14.9 Å². The van der Waals surface area contributed by atoms with Crippen molar-refractivity contribution in [2.75, 3.05) is 13.2 Å². The summed E-state index contributed by atoms with van der Waals surface area (Å²) in [6.07, 6.45) is 1.86. The second-order valence-corrected chi connectivity index (χ2v) is 4.35. The summed E-state index contributed by atoms with van der Waals surface area (Å²) in [6, 6.07) is 2.93. The molecule has 0 unspecified atom stereocenters. The summed E-state index contributed by atoms with van der Waals surface area (Å²) in [4.78, 5) is 24.0. The standard InChI is InChI=1S/C11H15N3O4/c1-12-9(4-5-10(12)14(17)18)11(16)13(6-7-15)8-2-3-8/h4-5,8,15H,2-3,6-7H2,1H3. The smallest absolute Gasteiger partial charge is 0.323 e. The first-order chi connectivity index (χ1) is 8.56. The van der Waals surface area contributed by atoms with Crippen LogP contribution in [0.4, 0.5) is 5.82 Å². The van der Waals surface area contributed by atoms with Crippen molar-refractivity contribution in [3.63, 3.8) is 0 Å². The molecule has 1 aromatic rings. The van der Waals surface area contributed by atoms with Crippen LogP contribution in [-0.2, 0) is 7.05 Å². The molecule has 98 valence electrons. The Balaban J connectivity index is 2.24. The number of nitrogens with zero attached hydrogens (tertiary/aromatic N) is 3. The maximum atomic E-state index is 12.2. The molecule has 1 N–H and O–H groups in total. The summed E-state index contributed by atoms with van der Waals surface area (Å²) in [5, 5.41) is 19.7. The minimum atomic E-state index is -0.524. The Morgan fingerprint density at radius 3 is 2.72 bits per heavy atom. The van der Waals surface area contributed by atoms with Crippen LogP contribution in [0.2, 0.25) is 0 Å². The second-order valence-electron chi connectivity index (χ2n) is 4.35. The molecule has 2 rings (SSSR count). The molecule has 0 bridgehead atoms. The van der Waals surface area contributed by atoms with E-state index in [-0.39, 0.29) is 36.6 Å². The van der Waals surface area contributed by atoms with E-state index in [0.29, 0.717) is 0 Å². The van der Waals surface area contributed by atoms with Crippen molar-refractivity contribution in [3.8, 4) is 0 Å². The fourth-order valence-corrected chi connectivity index (χ4v) is 1.99. The normalized spacial score (nSPS) is 14.6. The van der Waals surface area contributed by atoms with Crippen LogP contribution in [0.25, 0.3) is 0 Å². The molecular formula is C11H15N3O4. The van der Waals surface area contributed by atoms with Gasteiger partial charge >= 0.3 is 5.82 Å². The number of hydrogen-bond acceptors (Lipinski definition) is 4. The highest BCUT2D eigenvalue weighted by Crippen LogP contribution is 2.28. The number of aromatic nitrogens is 1. The molecule has 0 aliphatic heterocycles. The molecule has 1 fully saturated rings. The zero-order chi connectivity index (χ0) is 13.3. The predicted octanol–water partition coefficient (Wildman–Crippen LogP) is 0.530. The topological polar surface area (TPSA) is 88.6 Å². The predicted molar refractivity (Wildman–Crippen MR) is 63.2 cm³/mol. The summed E-state index contributed by atoms with van der Waals surface area (Å²) in [5.74, 6) is -0.375. The molecule has 0 aromatic carbocycles. The van der Waals surface area contributed by atoms with Crippen molar-refractivity contribution in [3.05, 3.63) is 27.9 Å². The molecule has 1 aromatic heterocycles. The average Bonchev–Trinajstić information content (AvgIpc) is 3.08. The summed E-state index contributed by atoms with van der Waals surface area (Å²) in [7, 11) is 1.50. The van der Waals surface area contributed by atoms with Crippen LogP contribution in [-0.4, -0.2) is 44.6 Å². The number of aliphatic hydroxyl groups excluding tert-OH is 1. The summed E-state index contributed by atoms with van der Waals surface area (Å²) in [6.45, 7) is 0.164. The first-order valence-corrected chi connectivity index (χ1v) is 5.78. The van der Waals surface area contributed by atoms with Crippen molar-refractivity contribution in [1.82, 2.24) is 9.47 Å². The highest BCUT2D eigenvalue weighted by molar-refractivity contribution is 5.93. The van der Waals surface area contributed by atoms with Crippen molar-refractivity contribution >= 4 is 11.7 Å². The monoisotopic (exact) mass is 253 g/mol. The lowest BCUT2D eigenvalue weighted by Gasteiger charge is -2.20. The number of nitro groups is 1. The van der Waals surface area contributed by atoms with Crippen LogP contribution in [0.15, 0.2) is 12.1 Å². The Kier molecular flexibility index (Phi) is 3.33. The number of carbonyl (C=O) groups is 1. The third kappa shape index (κ3) is 2.21. The second kappa shape index (κ2) is 4.77. The van der Waals surface area contributed by atoms with E-state index in [1.165, 1.54) is 23.7 Å². The van der Waals surface area contributed by atoms with Crippen LogP contribution in [0.5, 0.6) is 0 Å². The minimum Gasteiger partial charge on any atom is -0.395 e. The van der Waals surface area contributed by atoms with Gasteiger partial charge in [-0.15, -0.1) is 0 Å². The van der Waals surface area contributed by atoms with E-state index < -0.39 is 4.92 Å². The number of carbonyl (C=O) groups excluding carboxylic acids is 1. The van der Waals surface area contributed by atoms with Gasteiger partial charge in [0.15, 0.2) is 5.69 Å². The lowest BCUT2D eigenvalue weighted by molar-refractivity contribution is -0.391. The lowest BCUT2D eigenvalue weighted by Crippen LogP contribution is -2.36. The van der Waals surface area contributed by atoms with Gasteiger partial charge in [0.1, 0.15) is 0 Å². The van der Waals surface area contributed by atoms with E-state index in [1.54, 1.807) is 4.90 Å². The number of amides is 1. The van der Waals surface area contributed by atoms with Crippen LogP contribution >= 0.6 is 0 Å². The molecule has 0 radical (unpaired) electrons.